The topological polar surface area (TPSA) is 47.1 Å². The van der Waals surface area contributed by atoms with Crippen molar-refractivity contribution in [2.45, 2.75) is 6.18 Å². The van der Waals surface area contributed by atoms with Crippen molar-refractivity contribution in [3.05, 3.63) is 34.7 Å². The molecule has 0 atom stereocenters. The number of ether oxygens (including phenoxy) is 2. The number of halogens is 3. The van der Waals surface area contributed by atoms with Gasteiger partial charge in [-0.1, -0.05) is 18.3 Å². The zero-order chi connectivity index (χ0) is 15.6. The van der Waals surface area contributed by atoms with Crippen LogP contribution in [0.1, 0.15) is 5.82 Å². The molecule has 0 aliphatic heterocycles. The molecular formula is C13H11F3N2O2S. The van der Waals surface area contributed by atoms with E-state index in [-0.39, 0.29) is 10.3 Å². The van der Waals surface area contributed by atoms with Crippen molar-refractivity contribution in [2.24, 2.45) is 0 Å². The summed E-state index contributed by atoms with van der Waals surface area (Å²) >= 11 is 4.79. The molecule has 21 heavy (non-hydrogen) atoms. The van der Waals surface area contributed by atoms with Gasteiger partial charge in [-0.3, -0.25) is 0 Å². The van der Waals surface area contributed by atoms with Crippen molar-refractivity contribution < 1.29 is 22.6 Å². The van der Waals surface area contributed by atoms with Crippen molar-refractivity contribution in [3.63, 3.8) is 0 Å². The van der Waals surface area contributed by atoms with E-state index >= 15 is 0 Å². The number of nitrogens with zero attached hydrogens (tertiary/aromatic N) is 1. The van der Waals surface area contributed by atoms with Crippen LogP contribution in [0.2, 0.25) is 0 Å². The van der Waals surface area contributed by atoms with Crippen LogP contribution in [0.25, 0.3) is 11.3 Å². The van der Waals surface area contributed by atoms with Gasteiger partial charge < -0.3 is 14.5 Å². The van der Waals surface area contributed by atoms with Gasteiger partial charge in [0.2, 0.25) is 5.82 Å². The predicted octanol–water partition coefficient (Wildman–Crippen LogP) is 3.84. The highest BCUT2D eigenvalue weighted by Gasteiger charge is 2.34. The Morgan fingerprint density at radius 1 is 1.19 bits per heavy atom. The Bertz CT molecular complexity index is 713. The molecular weight excluding hydrogens is 305 g/mol. The van der Waals surface area contributed by atoms with E-state index in [0.717, 1.165) is 0 Å². The van der Waals surface area contributed by atoms with E-state index in [1.807, 2.05) is 0 Å². The zero-order valence-electron chi connectivity index (χ0n) is 11.1. The van der Waals surface area contributed by atoms with Gasteiger partial charge in [0.15, 0.2) is 11.5 Å². The van der Waals surface area contributed by atoms with E-state index in [0.29, 0.717) is 17.1 Å². The summed E-state index contributed by atoms with van der Waals surface area (Å²) in [4.78, 5) is 5.52. The van der Waals surface area contributed by atoms with E-state index < -0.39 is 12.0 Å². The average Bonchev–Trinajstić information content (AvgIpc) is 2.44. The maximum absolute atomic E-state index is 12.8. The predicted molar refractivity (Wildman–Crippen MR) is 73.0 cm³/mol. The third-order valence-electron chi connectivity index (χ3n) is 2.70. The number of hydrogen-bond donors (Lipinski definition) is 1. The molecule has 2 aromatic rings. The molecule has 0 saturated carbocycles. The van der Waals surface area contributed by atoms with Gasteiger partial charge in [0.1, 0.15) is 4.64 Å². The normalized spacial score (nSPS) is 11.3. The average molecular weight is 316 g/mol. The van der Waals surface area contributed by atoms with E-state index in [1.165, 1.54) is 20.3 Å². The van der Waals surface area contributed by atoms with E-state index in [2.05, 4.69) is 9.97 Å². The van der Waals surface area contributed by atoms with Crippen molar-refractivity contribution in [2.75, 3.05) is 14.2 Å². The summed E-state index contributed by atoms with van der Waals surface area (Å²) in [6.45, 7) is 0. The van der Waals surface area contributed by atoms with Crippen LogP contribution in [0.15, 0.2) is 24.3 Å². The number of alkyl halides is 3. The molecule has 0 aliphatic rings. The van der Waals surface area contributed by atoms with Crippen LogP contribution in [0.4, 0.5) is 13.2 Å². The summed E-state index contributed by atoms with van der Waals surface area (Å²) in [6.07, 6.45) is -4.62. The molecule has 4 nitrogen and oxygen atoms in total. The molecule has 0 fully saturated rings. The van der Waals surface area contributed by atoms with Crippen molar-refractivity contribution in [3.8, 4) is 22.8 Å². The van der Waals surface area contributed by atoms with Gasteiger partial charge in [0.25, 0.3) is 0 Å². The number of nitrogens with one attached hydrogen (secondary N) is 1. The van der Waals surface area contributed by atoms with Crippen LogP contribution in [0.3, 0.4) is 0 Å². The summed E-state index contributed by atoms with van der Waals surface area (Å²) in [5, 5.41) is 0. The summed E-state index contributed by atoms with van der Waals surface area (Å²) in [6, 6.07) is 6.22. The summed E-state index contributed by atoms with van der Waals surface area (Å²) in [5.41, 5.74) is 0.550. The summed E-state index contributed by atoms with van der Waals surface area (Å²) in [5.74, 6) is -0.445. The first-order valence-corrected chi connectivity index (χ1v) is 6.17. The molecule has 112 valence electrons. The van der Waals surface area contributed by atoms with Crippen LogP contribution in [-0.4, -0.2) is 24.2 Å². The first kappa shape index (κ1) is 15.3. The quantitative estimate of drug-likeness (QED) is 0.874. The lowest BCUT2D eigenvalue weighted by atomic mass is 10.1. The Kier molecular flexibility index (Phi) is 4.17. The maximum Gasteiger partial charge on any atom is 0.449 e. The highest BCUT2D eigenvalue weighted by Crippen LogP contribution is 2.37. The minimum absolute atomic E-state index is 0.151. The Hall–Kier alpha value is -2.09. The Balaban J connectivity index is 2.68. The van der Waals surface area contributed by atoms with Crippen LogP contribution in [0, 0.1) is 4.64 Å². The molecule has 1 aromatic heterocycles. The zero-order valence-corrected chi connectivity index (χ0v) is 11.9. The van der Waals surface area contributed by atoms with E-state index in [4.69, 9.17) is 21.7 Å². The van der Waals surface area contributed by atoms with Crippen LogP contribution in [-0.2, 0) is 6.18 Å². The second-order valence-corrected chi connectivity index (χ2v) is 4.44. The summed E-state index contributed by atoms with van der Waals surface area (Å²) in [7, 11) is 2.85. The van der Waals surface area contributed by atoms with Gasteiger partial charge >= 0.3 is 6.18 Å². The fraction of sp³-hybridized carbons (Fsp3) is 0.231. The standard InChI is InChI=1S/C13H11F3N2O2S/c1-19-9-5-3-4-7(11(9)20-2)8-6-10(21)18-12(17-8)13(14,15)16/h3-6H,1-2H3,(H,17,18,21). The van der Waals surface area contributed by atoms with Crippen LogP contribution in [0.5, 0.6) is 11.5 Å². The molecule has 0 aliphatic carbocycles. The van der Waals surface area contributed by atoms with Gasteiger partial charge in [-0.15, -0.1) is 0 Å². The number of benzene rings is 1. The Labute approximate surface area is 123 Å². The van der Waals surface area contributed by atoms with Gasteiger partial charge in [-0.05, 0) is 18.2 Å². The smallest absolute Gasteiger partial charge is 0.449 e. The van der Waals surface area contributed by atoms with Gasteiger partial charge in [0.05, 0.1) is 19.9 Å². The number of aromatic amines is 1. The van der Waals surface area contributed by atoms with E-state index in [1.54, 1.807) is 18.2 Å². The molecule has 1 heterocycles. The van der Waals surface area contributed by atoms with E-state index in [9.17, 15) is 13.2 Å². The lowest BCUT2D eigenvalue weighted by Gasteiger charge is -2.14. The molecule has 1 N–H and O–H groups in total. The number of H-pyrrole nitrogens is 1. The lowest BCUT2D eigenvalue weighted by Crippen LogP contribution is -2.11. The minimum Gasteiger partial charge on any atom is -0.493 e. The molecule has 2 rings (SSSR count). The highest BCUT2D eigenvalue weighted by atomic mass is 32.1. The molecule has 0 unspecified atom stereocenters. The maximum atomic E-state index is 12.8. The minimum atomic E-state index is -4.62. The molecule has 0 spiro atoms. The molecule has 1 aromatic carbocycles. The largest absolute Gasteiger partial charge is 0.493 e. The second kappa shape index (κ2) is 5.72. The SMILES string of the molecule is COc1cccc(-c2cc(=S)nc(C(F)(F)F)[nH]2)c1OC. The van der Waals surface area contributed by atoms with Crippen molar-refractivity contribution in [1.82, 2.24) is 9.97 Å². The monoisotopic (exact) mass is 316 g/mol. The molecule has 8 heteroatoms. The highest BCUT2D eigenvalue weighted by molar-refractivity contribution is 7.71. The first-order valence-electron chi connectivity index (χ1n) is 5.76. The fourth-order valence-electron chi connectivity index (χ4n) is 1.84. The second-order valence-electron chi connectivity index (χ2n) is 4.02. The molecule has 0 saturated heterocycles. The number of hydrogen-bond acceptors (Lipinski definition) is 4. The number of para-hydroxylation sites is 1. The summed E-state index contributed by atoms with van der Waals surface area (Å²) < 4.78 is 48.6. The van der Waals surface area contributed by atoms with Crippen molar-refractivity contribution in [1.29, 1.82) is 0 Å². The van der Waals surface area contributed by atoms with Gasteiger partial charge in [0, 0.05) is 5.56 Å². The lowest BCUT2D eigenvalue weighted by molar-refractivity contribution is -0.145. The number of methoxy groups -OCH3 is 2. The van der Waals surface area contributed by atoms with Crippen LogP contribution >= 0.6 is 12.2 Å². The van der Waals surface area contributed by atoms with Crippen LogP contribution < -0.4 is 9.47 Å². The van der Waals surface area contributed by atoms with Gasteiger partial charge in [-0.25, -0.2) is 4.98 Å². The molecule has 0 amide bonds. The van der Waals surface area contributed by atoms with Crippen molar-refractivity contribution >= 4 is 12.2 Å². The molecule has 0 bridgehead atoms. The Morgan fingerprint density at radius 3 is 2.48 bits per heavy atom. The third kappa shape index (κ3) is 3.15. The third-order valence-corrected chi connectivity index (χ3v) is 2.91. The number of aromatic nitrogens is 2. The fourth-order valence-corrected chi connectivity index (χ4v) is 2.05. The van der Waals surface area contributed by atoms with Gasteiger partial charge in [-0.2, -0.15) is 13.2 Å². The Morgan fingerprint density at radius 2 is 1.90 bits per heavy atom. The molecule has 0 radical (unpaired) electrons. The number of rotatable bonds is 3. The first-order chi connectivity index (χ1) is 9.86.